The molecule has 0 spiro atoms. The zero-order valence-corrected chi connectivity index (χ0v) is 40.5. The highest BCUT2D eigenvalue weighted by atomic mass is 16.5. The standard InChI is InChI=1S/C59H61N5O9/c65-52-24-22-50(51-23-25-54(67)63-55(51)52)53(66)35-60-29-26-39-14-18-43(19-15-39)56(68)61-47-33-48(34-47)62-57(69)44-20-16-41(17-21-44)37-72-49-13-7-12-46(32-49)59(71,45-10-5-2-6-11-45)58(70)73-38-42-27-30-64(31-28-42)36-40-8-3-1-4-9-40/h1-25,32,42,47-48,53,60,65-66,71H,26-31,33-38H2,(H,61,68)(H,62,69)(H,63,67)/t47?,48?,53-,59-/m0/s1. The van der Waals surface area contributed by atoms with Gasteiger partial charge >= 0.3 is 5.97 Å². The lowest BCUT2D eigenvalue weighted by Gasteiger charge is -2.36. The molecule has 0 bridgehead atoms. The molecule has 1 aromatic heterocycles. The highest BCUT2D eigenvalue weighted by molar-refractivity contribution is 5.95. The molecule has 9 rings (SSSR count). The topological polar surface area (TPSA) is 203 Å². The molecule has 1 saturated carbocycles. The molecular formula is C59H61N5O9. The van der Waals surface area contributed by atoms with Gasteiger partial charge in [-0.05, 0) is 134 Å². The lowest BCUT2D eigenvalue weighted by Crippen LogP contribution is -2.53. The molecule has 7 N–H and O–H groups in total. The third-order valence-electron chi connectivity index (χ3n) is 14.0. The Hall–Kier alpha value is -7.62. The zero-order chi connectivity index (χ0) is 50.7. The van der Waals surface area contributed by atoms with E-state index in [0.717, 1.165) is 43.6 Å². The number of aliphatic hydroxyl groups excluding tert-OH is 1. The molecule has 0 radical (unpaired) electrons. The van der Waals surface area contributed by atoms with Crippen molar-refractivity contribution in [3.63, 3.8) is 0 Å². The fraction of sp³-hybridized carbons (Fsp3) is 0.288. The summed E-state index contributed by atoms with van der Waals surface area (Å²) in [6, 6.07) is 46.5. The van der Waals surface area contributed by atoms with Crippen LogP contribution in [-0.2, 0) is 34.7 Å². The van der Waals surface area contributed by atoms with E-state index >= 15 is 0 Å². The minimum Gasteiger partial charge on any atom is -0.506 e. The number of aromatic nitrogens is 1. The number of rotatable bonds is 20. The Morgan fingerprint density at radius 3 is 2.01 bits per heavy atom. The fourth-order valence-electron chi connectivity index (χ4n) is 9.61. The average molecular weight is 984 g/mol. The summed E-state index contributed by atoms with van der Waals surface area (Å²) in [7, 11) is 0. The number of hydrogen-bond acceptors (Lipinski definition) is 11. The van der Waals surface area contributed by atoms with Crippen LogP contribution >= 0.6 is 0 Å². The molecule has 2 aliphatic rings. The van der Waals surface area contributed by atoms with Crippen LogP contribution in [-0.4, -0.2) is 87.9 Å². The van der Waals surface area contributed by atoms with Crippen LogP contribution in [0.25, 0.3) is 10.9 Å². The number of nitrogens with one attached hydrogen (secondary N) is 4. The number of likely N-dealkylation sites (tertiary alicyclic amines) is 1. The summed E-state index contributed by atoms with van der Waals surface area (Å²) >= 11 is 0. The summed E-state index contributed by atoms with van der Waals surface area (Å²) in [6.07, 6.45) is 2.84. The van der Waals surface area contributed by atoms with Gasteiger partial charge in [-0.1, -0.05) is 103 Å². The number of phenolic OH excluding ortho intramolecular Hbond substituents is 1. The SMILES string of the molecule is O=C(NC1CC(NC(=O)c2ccc(COc3cccc([C@](O)(C(=O)OCC4CCN(Cc5ccccc5)CC4)c4ccccc4)c3)cc2)C1)c1ccc(CCNC[C@H](O)c2ccc(O)c3[nH]c(=O)ccc23)cc1. The number of fused-ring (bicyclic) bond motifs is 1. The van der Waals surface area contributed by atoms with Crippen molar-refractivity contribution in [2.24, 2.45) is 5.92 Å². The van der Waals surface area contributed by atoms with Crippen LogP contribution in [0.1, 0.15) is 85.9 Å². The van der Waals surface area contributed by atoms with E-state index in [2.05, 4.69) is 50.1 Å². The molecule has 1 aliphatic heterocycles. The van der Waals surface area contributed by atoms with Crippen molar-refractivity contribution in [3.8, 4) is 11.5 Å². The minimum absolute atomic E-state index is 0.0598. The Balaban J connectivity index is 0.694. The van der Waals surface area contributed by atoms with Crippen molar-refractivity contribution in [1.29, 1.82) is 0 Å². The zero-order valence-electron chi connectivity index (χ0n) is 40.5. The molecule has 1 saturated heterocycles. The van der Waals surface area contributed by atoms with Crippen molar-refractivity contribution >= 4 is 28.7 Å². The number of esters is 1. The van der Waals surface area contributed by atoms with Crippen LogP contribution in [0.5, 0.6) is 11.5 Å². The van der Waals surface area contributed by atoms with E-state index in [1.807, 2.05) is 36.4 Å². The maximum Gasteiger partial charge on any atom is 0.347 e. The second-order valence-electron chi connectivity index (χ2n) is 19.2. The van der Waals surface area contributed by atoms with Crippen LogP contribution < -0.4 is 26.2 Å². The second kappa shape index (κ2) is 23.3. The van der Waals surface area contributed by atoms with Gasteiger partial charge in [0.25, 0.3) is 11.8 Å². The number of carbonyl (C=O) groups is 3. The van der Waals surface area contributed by atoms with Crippen molar-refractivity contribution in [3.05, 3.63) is 213 Å². The number of carbonyl (C=O) groups excluding carboxylic acids is 3. The van der Waals surface area contributed by atoms with Gasteiger partial charge in [0.1, 0.15) is 18.1 Å². The minimum atomic E-state index is -2.06. The number of H-pyrrole nitrogens is 1. The van der Waals surface area contributed by atoms with Crippen LogP contribution in [0.4, 0.5) is 0 Å². The third-order valence-corrected chi connectivity index (χ3v) is 14.0. The Bertz CT molecular complexity index is 3050. The molecule has 376 valence electrons. The molecule has 6 aromatic carbocycles. The van der Waals surface area contributed by atoms with E-state index in [9.17, 15) is 34.5 Å². The lowest BCUT2D eigenvalue weighted by molar-refractivity contribution is -0.164. The van der Waals surface area contributed by atoms with E-state index in [4.69, 9.17) is 9.47 Å². The van der Waals surface area contributed by atoms with E-state index in [-0.39, 0.29) is 66.4 Å². The van der Waals surface area contributed by atoms with Gasteiger partial charge in [0.2, 0.25) is 11.2 Å². The quantitative estimate of drug-likeness (QED) is 0.0305. The molecule has 7 aromatic rings. The molecular weight excluding hydrogens is 923 g/mol. The van der Waals surface area contributed by atoms with Crippen LogP contribution in [0.15, 0.2) is 163 Å². The highest BCUT2D eigenvalue weighted by Gasteiger charge is 2.42. The lowest BCUT2D eigenvalue weighted by atomic mass is 9.86. The van der Waals surface area contributed by atoms with Gasteiger partial charge in [0.05, 0.1) is 18.2 Å². The molecule has 2 amide bonds. The Kier molecular flexibility index (Phi) is 16.1. The first-order valence-corrected chi connectivity index (χ1v) is 25.0. The number of piperidine rings is 1. The summed E-state index contributed by atoms with van der Waals surface area (Å²) in [6.45, 7) is 3.97. The van der Waals surface area contributed by atoms with E-state index in [1.165, 1.54) is 17.7 Å². The maximum absolute atomic E-state index is 13.9. The number of pyridine rings is 1. The van der Waals surface area contributed by atoms with E-state index < -0.39 is 17.7 Å². The average Bonchev–Trinajstić information content (AvgIpc) is 3.41. The summed E-state index contributed by atoms with van der Waals surface area (Å²) in [5, 5.41) is 43.1. The highest BCUT2D eigenvalue weighted by Crippen LogP contribution is 2.34. The van der Waals surface area contributed by atoms with Crippen LogP contribution in [0, 0.1) is 5.92 Å². The fourth-order valence-corrected chi connectivity index (χ4v) is 9.61. The van der Waals surface area contributed by atoms with Crippen LogP contribution in [0.3, 0.4) is 0 Å². The van der Waals surface area contributed by atoms with Crippen molar-refractivity contribution in [1.82, 2.24) is 25.8 Å². The van der Waals surface area contributed by atoms with E-state index in [1.54, 1.807) is 84.9 Å². The predicted molar refractivity (Wildman–Crippen MR) is 278 cm³/mol. The molecule has 2 atom stereocenters. The van der Waals surface area contributed by atoms with Gasteiger partial charge < -0.3 is 45.7 Å². The molecule has 0 unspecified atom stereocenters. The third kappa shape index (κ3) is 12.5. The number of hydrogen-bond donors (Lipinski definition) is 7. The molecule has 2 heterocycles. The number of phenols is 1. The Labute approximate surface area is 424 Å². The van der Waals surface area contributed by atoms with Crippen molar-refractivity contribution < 1.29 is 39.2 Å². The number of aromatic amines is 1. The number of nitrogens with zero attached hydrogens (tertiary/aromatic N) is 1. The van der Waals surface area contributed by atoms with Gasteiger partial charge in [-0.25, -0.2) is 4.79 Å². The summed E-state index contributed by atoms with van der Waals surface area (Å²) in [4.78, 5) is 56.9. The number of ether oxygens (including phenoxy) is 2. The molecule has 1 aliphatic carbocycles. The monoisotopic (exact) mass is 983 g/mol. The summed E-state index contributed by atoms with van der Waals surface area (Å²) < 4.78 is 12.1. The number of benzene rings is 6. The number of amides is 2. The first-order valence-electron chi connectivity index (χ1n) is 25.0. The van der Waals surface area contributed by atoms with Gasteiger partial charge in [-0.2, -0.15) is 0 Å². The molecule has 14 nitrogen and oxygen atoms in total. The molecule has 2 fully saturated rings. The second-order valence-corrected chi connectivity index (χ2v) is 19.2. The van der Waals surface area contributed by atoms with Gasteiger partial charge in [-0.15, -0.1) is 0 Å². The Morgan fingerprint density at radius 2 is 1.34 bits per heavy atom. The smallest absolute Gasteiger partial charge is 0.347 e. The summed E-state index contributed by atoms with van der Waals surface area (Å²) in [5.74, 6) is -0.527. The largest absolute Gasteiger partial charge is 0.506 e. The number of aliphatic hydroxyl groups is 2. The normalized spacial score (nSPS) is 17.2. The number of aromatic hydroxyl groups is 1. The van der Waals surface area contributed by atoms with Gasteiger partial charge in [0, 0.05) is 53.3 Å². The van der Waals surface area contributed by atoms with Gasteiger partial charge in [0.15, 0.2) is 0 Å². The van der Waals surface area contributed by atoms with Gasteiger partial charge in [-0.3, -0.25) is 19.3 Å². The van der Waals surface area contributed by atoms with Crippen molar-refractivity contribution in [2.75, 3.05) is 32.8 Å². The predicted octanol–water partition coefficient (Wildman–Crippen LogP) is 7.06. The van der Waals surface area contributed by atoms with E-state index in [0.29, 0.717) is 64.8 Å². The maximum atomic E-state index is 13.9. The summed E-state index contributed by atoms with van der Waals surface area (Å²) in [5.41, 5.74) is 3.38. The molecule has 14 heteroatoms. The first-order chi connectivity index (χ1) is 35.5. The molecule has 73 heavy (non-hydrogen) atoms. The Morgan fingerprint density at radius 1 is 0.712 bits per heavy atom. The first kappa shape index (κ1) is 50.3. The van der Waals surface area contributed by atoms with Crippen LogP contribution in [0.2, 0.25) is 0 Å². The van der Waals surface area contributed by atoms with Crippen molar-refractivity contribution in [2.45, 2.75) is 69.0 Å².